The van der Waals surface area contributed by atoms with Crippen LogP contribution in [-0.2, 0) is 11.3 Å². The highest BCUT2D eigenvalue weighted by Crippen LogP contribution is 2.26. The summed E-state index contributed by atoms with van der Waals surface area (Å²) in [6.45, 7) is 5.38. The molecule has 5 rings (SSSR count). The fraction of sp³-hybridized carbons (Fsp3) is 0.458. The lowest BCUT2D eigenvalue weighted by molar-refractivity contribution is 0.0916. The average Bonchev–Trinajstić information content (AvgIpc) is 3.55. The minimum atomic E-state index is -0.390. The molecule has 0 aromatic carbocycles. The largest absolute Gasteiger partial charge is 0.378 e. The lowest BCUT2D eigenvalue weighted by atomic mass is 10.1. The lowest BCUT2D eigenvalue weighted by Crippen LogP contribution is -2.32. The Balaban J connectivity index is 1.37. The number of carbonyl (C=O) groups is 2. The molecule has 3 N–H and O–H groups in total. The van der Waals surface area contributed by atoms with Crippen molar-refractivity contribution in [2.75, 3.05) is 56.6 Å². The van der Waals surface area contributed by atoms with Gasteiger partial charge in [0, 0.05) is 43.0 Å². The summed E-state index contributed by atoms with van der Waals surface area (Å²) < 4.78 is 7.35. The molecule has 1 saturated heterocycles. The van der Waals surface area contributed by atoms with E-state index in [1.54, 1.807) is 22.5 Å². The van der Waals surface area contributed by atoms with Gasteiger partial charge in [0.25, 0.3) is 11.8 Å². The van der Waals surface area contributed by atoms with E-state index in [2.05, 4.69) is 35.9 Å². The number of piperidine rings is 1. The average molecular weight is 511 g/mol. The second-order valence-electron chi connectivity index (χ2n) is 8.77. The van der Waals surface area contributed by atoms with E-state index >= 15 is 0 Å². The van der Waals surface area contributed by atoms with Crippen LogP contribution in [0.15, 0.2) is 29.9 Å². The molecular weight excluding hydrogens is 480 g/mol. The summed E-state index contributed by atoms with van der Waals surface area (Å²) >= 11 is 1.37. The highest BCUT2D eigenvalue weighted by Gasteiger charge is 2.21. The zero-order valence-corrected chi connectivity index (χ0v) is 20.9. The summed E-state index contributed by atoms with van der Waals surface area (Å²) in [4.78, 5) is 37.2. The molecule has 0 unspecified atom stereocenters. The number of aromatic nitrogens is 4. The summed E-state index contributed by atoms with van der Waals surface area (Å²) in [6.07, 6.45) is 7.13. The van der Waals surface area contributed by atoms with E-state index < -0.39 is 0 Å². The van der Waals surface area contributed by atoms with Crippen molar-refractivity contribution in [3.05, 3.63) is 41.3 Å². The van der Waals surface area contributed by atoms with Gasteiger partial charge in [0.1, 0.15) is 16.5 Å². The van der Waals surface area contributed by atoms with Crippen molar-refractivity contribution in [3.63, 3.8) is 0 Å². The molecule has 1 fully saturated rings. The van der Waals surface area contributed by atoms with E-state index in [-0.39, 0.29) is 23.2 Å². The quantitative estimate of drug-likeness (QED) is 0.490. The number of anilines is 2. The van der Waals surface area contributed by atoms with Crippen LogP contribution in [0.3, 0.4) is 0 Å². The van der Waals surface area contributed by atoms with Gasteiger partial charge in [0.15, 0.2) is 5.69 Å². The van der Waals surface area contributed by atoms with E-state index in [4.69, 9.17) is 4.74 Å². The number of nitrogens with one attached hydrogen (secondary N) is 3. The normalized spacial score (nSPS) is 17.8. The number of nitrogens with zero attached hydrogens (tertiary/aromatic N) is 5. The van der Waals surface area contributed by atoms with Crippen LogP contribution in [0.4, 0.5) is 11.5 Å². The van der Waals surface area contributed by atoms with Crippen LogP contribution in [0.25, 0.3) is 10.6 Å². The van der Waals surface area contributed by atoms with Crippen molar-refractivity contribution in [3.8, 4) is 10.6 Å². The zero-order valence-electron chi connectivity index (χ0n) is 20.0. The molecule has 2 amide bonds. The Bertz CT molecular complexity index is 1200. The van der Waals surface area contributed by atoms with Crippen LogP contribution in [0.1, 0.15) is 40.2 Å². The molecule has 0 radical (unpaired) electrons. The van der Waals surface area contributed by atoms with E-state index in [1.807, 2.05) is 12.1 Å². The Morgan fingerprint density at radius 1 is 1.03 bits per heavy atom. The SMILES string of the molecule is O=C1Nc2cn(CCN3CCCCC3)nc2C(=O)NCCOCCNc2cc(ccn2)-c2nc1cs2. The zero-order chi connectivity index (χ0) is 24.7. The maximum Gasteiger partial charge on any atom is 0.275 e. The third-order valence-electron chi connectivity index (χ3n) is 6.15. The number of amides is 2. The van der Waals surface area contributed by atoms with Gasteiger partial charge in [-0.15, -0.1) is 11.3 Å². The lowest BCUT2D eigenvalue weighted by Gasteiger charge is -2.26. The van der Waals surface area contributed by atoms with E-state index in [9.17, 15) is 9.59 Å². The number of likely N-dealkylation sites (tertiary alicyclic amines) is 1. The minimum Gasteiger partial charge on any atom is -0.378 e. The number of thiazole rings is 1. The van der Waals surface area contributed by atoms with Gasteiger partial charge >= 0.3 is 0 Å². The van der Waals surface area contributed by atoms with Crippen LogP contribution >= 0.6 is 11.3 Å². The standard InChI is InChI=1S/C24H30N8O3S/c33-22-19-16-36-24(29-19)17-4-5-25-20(14-17)26-6-12-35-13-7-27-23(34)21-18(28-22)15-32(30-21)11-10-31-8-2-1-3-9-31/h4-5,14-16H,1-3,6-13H2,(H,25,26)(H,27,34)(H,28,33). The third kappa shape index (κ3) is 6.07. The molecule has 3 aromatic heterocycles. The first kappa shape index (κ1) is 24.3. The molecule has 5 heterocycles. The number of carbonyl (C=O) groups excluding carboxylic acids is 2. The van der Waals surface area contributed by atoms with Crippen LogP contribution in [-0.4, -0.2) is 82.4 Å². The number of pyridine rings is 1. The van der Waals surface area contributed by atoms with Crippen molar-refractivity contribution in [2.24, 2.45) is 0 Å². The maximum atomic E-state index is 13.1. The Labute approximate surface area is 213 Å². The van der Waals surface area contributed by atoms with Crippen LogP contribution in [0.2, 0.25) is 0 Å². The number of ether oxygens (including phenoxy) is 1. The molecule has 0 spiro atoms. The Hall–Kier alpha value is -3.35. The number of hydrogen-bond donors (Lipinski definition) is 3. The predicted octanol–water partition coefficient (Wildman–Crippen LogP) is 2.31. The molecule has 2 aliphatic rings. The Kier molecular flexibility index (Phi) is 7.84. The van der Waals surface area contributed by atoms with Gasteiger partial charge in [-0.1, -0.05) is 6.42 Å². The molecule has 36 heavy (non-hydrogen) atoms. The number of hydrogen-bond acceptors (Lipinski definition) is 9. The summed E-state index contributed by atoms with van der Waals surface area (Å²) in [5.74, 6) is -0.0460. The second kappa shape index (κ2) is 11.6. The smallest absolute Gasteiger partial charge is 0.275 e. The van der Waals surface area contributed by atoms with Crippen LogP contribution < -0.4 is 16.0 Å². The van der Waals surface area contributed by atoms with E-state index in [0.717, 1.165) is 25.2 Å². The summed E-state index contributed by atoms with van der Waals surface area (Å²) in [5.41, 5.74) is 1.69. The first-order valence-corrected chi connectivity index (χ1v) is 13.2. The van der Waals surface area contributed by atoms with Crippen molar-refractivity contribution < 1.29 is 14.3 Å². The molecule has 11 nitrogen and oxygen atoms in total. The summed E-state index contributed by atoms with van der Waals surface area (Å²) in [6, 6.07) is 3.75. The van der Waals surface area contributed by atoms with Crippen LogP contribution in [0, 0.1) is 0 Å². The highest BCUT2D eigenvalue weighted by atomic mass is 32.1. The number of rotatable bonds is 3. The van der Waals surface area contributed by atoms with E-state index in [1.165, 1.54) is 30.6 Å². The molecule has 0 atom stereocenters. The van der Waals surface area contributed by atoms with Crippen molar-refractivity contribution in [1.29, 1.82) is 0 Å². The van der Waals surface area contributed by atoms with Gasteiger partial charge in [0.2, 0.25) is 0 Å². The van der Waals surface area contributed by atoms with Gasteiger partial charge < -0.3 is 25.6 Å². The van der Waals surface area contributed by atoms with Gasteiger partial charge in [-0.25, -0.2) is 9.97 Å². The first-order valence-electron chi connectivity index (χ1n) is 12.3. The van der Waals surface area contributed by atoms with Gasteiger partial charge in [-0.3, -0.25) is 14.3 Å². The fourth-order valence-corrected chi connectivity index (χ4v) is 5.05. The van der Waals surface area contributed by atoms with Crippen molar-refractivity contribution >= 4 is 34.7 Å². The molecule has 4 bridgehead atoms. The van der Waals surface area contributed by atoms with Gasteiger partial charge in [0.05, 0.1) is 25.4 Å². The monoisotopic (exact) mass is 510 g/mol. The van der Waals surface area contributed by atoms with Crippen molar-refractivity contribution in [1.82, 2.24) is 30.0 Å². The molecule has 12 heteroatoms. The van der Waals surface area contributed by atoms with E-state index in [0.29, 0.717) is 49.4 Å². The Morgan fingerprint density at radius 3 is 2.72 bits per heavy atom. The molecule has 2 aliphatic heterocycles. The molecule has 190 valence electrons. The topological polar surface area (TPSA) is 126 Å². The highest BCUT2D eigenvalue weighted by molar-refractivity contribution is 7.13. The third-order valence-corrected chi connectivity index (χ3v) is 7.04. The number of fused-ring (bicyclic) bond motifs is 6. The van der Waals surface area contributed by atoms with Crippen molar-refractivity contribution in [2.45, 2.75) is 25.8 Å². The maximum absolute atomic E-state index is 13.1. The minimum absolute atomic E-state index is 0.180. The van der Waals surface area contributed by atoms with Gasteiger partial charge in [-0.05, 0) is 38.1 Å². The molecule has 0 saturated carbocycles. The molecular formula is C24H30N8O3S. The summed E-state index contributed by atoms with van der Waals surface area (Å²) in [7, 11) is 0. The first-order chi connectivity index (χ1) is 17.7. The molecule has 3 aromatic rings. The summed E-state index contributed by atoms with van der Waals surface area (Å²) in [5, 5.41) is 15.8. The Morgan fingerprint density at radius 2 is 1.86 bits per heavy atom. The van der Waals surface area contributed by atoms with Crippen LogP contribution in [0.5, 0.6) is 0 Å². The van der Waals surface area contributed by atoms with Gasteiger partial charge in [-0.2, -0.15) is 5.10 Å². The molecule has 0 aliphatic carbocycles. The predicted molar refractivity (Wildman–Crippen MR) is 137 cm³/mol. The second-order valence-corrected chi connectivity index (χ2v) is 9.63. The fourth-order valence-electron chi connectivity index (χ4n) is 4.25.